The standard InChI is InChI=1S/C11H11BrO3/c1-7(6-10(13)14)11(15)8-2-4-9(12)5-3-8/h2-5,7H,6H2,1H3,(H,13,14)/t7-/m1/s1. The van der Waals surface area contributed by atoms with Gasteiger partial charge in [-0.2, -0.15) is 0 Å². The van der Waals surface area contributed by atoms with Crippen LogP contribution in [-0.4, -0.2) is 16.9 Å². The molecule has 0 fully saturated rings. The van der Waals surface area contributed by atoms with E-state index in [-0.39, 0.29) is 12.2 Å². The molecular weight excluding hydrogens is 260 g/mol. The topological polar surface area (TPSA) is 54.4 Å². The van der Waals surface area contributed by atoms with Crippen molar-refractivity contribution in [3.63, 3.8) is 0 Å². The Morgan fingerprint density at radius 3 is 2.33 bits per heavy atom. The minimum absolute atomic E-state index is 0.130. The number of rotatable bonds is 4. The molecule has 1 N–H and O–H groups in total. The summed E-state index contributed by atoms with van der Waals surface area (Å²) in [4.78, 5) is 22.2. The van der Waals surface area contributed by atoms with Crippen LogP contribution in [0.5, 0.6) is 0 Å². The molecule has 0 aliphatic carbocycles. The lowest BCUT2D eigenvalue weighted by Crippen LogP contribution is -2.15. The van der Waals surface area contributed by atoms with Crippen LogP contribution in [0.2, 0.25) is 0 Å². The highest BCUT2D eigenvalue weighted by molar-refractivity contribution is 9.10. The Morgan fingerprint density at radius 2 is 1.87 bits per heavy atom. The monoisotopic (exact) mass is 270 g/mol. The van der Waals surface area contributed by atoms with E-state index in [2.05, 4.69) is 15.9 Å². The van der Waals surface area contributed by atoms with Crippen LogP contribution in [0.15, 0.2) is 28.7 Å². The summed E-state index contributed by atoms with van der Waals surface area (Å²) in [6.07, 6.45) is -0.130. The molecule has 0 saturated heterocycles. The first kappa shape index (κ1) is 11.9. The van der Waals surface area contributed by atoms with Gasteiger partial charge in [0.2, 0.25) is 0 Å². The van der Waals surface area contributed by atoms with Crippen molar-refractivity contribution in [2.45, 2.75) is 13.3 Å². The quantitative estimate of drug-likeness (QED) is 0.856. The molecule has 1 aromatic rings. The maximum atomic E-state index is 11.7. The molecule has 1 atom stereocenters. The zero-order valence-corrected chi connectivity index (χ0v) is 9.82. The van der Waals surface area contributed by atoms with Gasteiger partial charge in [-0.05, 0) is 12.1 Å². The van der Waals surface area contributed by atoms with Crippen LogP contribution in [0.1, 0.15) is 23.7 Å². The number of carboxylic acids is 1. The Balaban J connectivity index is 2.76. The molecule has 0 unspecified atom stereocenters. The Labute approximate surface area is 96.2 Å². The lowest BCUT2D eigenvalue weighted by atomic mass is 9.97. The van der Waals surface area contributed by atoms with Crippen LogP contribution in [0.3, 0.4) is 0 Å². The predicted molar refractivity (Wildman–Crippen MR) is 59.9 cm³/mol. The number of carbonyl (C=O) groups excluding carboxylic acids is 1. The van der Waals surface area contributed by atoms with E-state index in [0.717, 1.165) is 4.47 Å². The van der Waals surface area contributed by atoms with E-state index >= 15 is 0 Å². The third kappa shape index (κ3) is 3.47. The van der Waals surface area contributed by atoms with Gasteiger partial charge < -0.3 is 5.11 Å². The van der Waals surface area contributed by atoms with Gasteiger partial charge in [0.05, 0.1) is 6.42 Å². The van der Waals surface area contributed by atoms with Crippen molar-refractivity contribution in [2.24, 2.45) is 5.92 Å². The molecule has 0 aromatic heterocycles. The van der Waals surface area contributed by atoms with Gasteiger partial charge in [-0.3, -0.25) is 9.59 Å². The van der Waals surface area contributed by atoms with Crippen LogP contribution >= 0.6 is 15.9 Å². The maximum Gasteiger partial charge on any atom is 0.304 e. The molecule has 0 heterocycles. The second kappa shape index (κ2) is 5.07. The molecule has 15 heavy (non-hydrogen) atoms. The normalized spacial score (nSPS) is 12.1. The van der Waals surface area contributed by atoms with Crippen molar-refractivity contribution >= 4 is 27.7 Å². The van der Waals surface area contributed by atoms with Crippen LogP contribution in [0, 0.1) is 5.92 Å². The van der Waals surface area contributed by atoms with Crippen molar-refractivity contribution in [3.8, 4) is 0 Å². The van der Waals surface area contributed by atoms with Crippen molar-refractivity contribution in [1.29, 1.82) is 0 Å². The molecule has 0 amide bonds. The summed E-state index contributed by atoms with van der Waals surface area (Å²) >= 11 is 3.27. The summed E-state index contributed by atoms with van der Waals surface area (Å²) in [7, 11) is 0. The van der Waals surface area contributed by atoms with Crippen molar-refractivity contribution in [2.75, 3.05) is 0 Å². The first-order chi connectivity index (χ1) is 7.00. The summed E-state index contributed by atoms with van der Waals surface area (Å²) in [6.45, 7) is 1.62. The molecule has 0 saturated carbocycles. The number of carboxylic acid groups (broad SMARTS) is 1. The second-order valence-electron chi connectivity index (χ2n) is 3.37. The summed E-state index contributed by atoms with van der Waals surface area (Å²) in [5.41, 5.74) is 0.548. The fraction of sp³-hybridized carbons (Fsp3) is 0.273. The second-order valence-corrected chi connectivity index (χ2v) is 4.29. The largest absolute Gasteiger partial charge is 0.481 e. The van der Waals surface area contributed by atoms with Gasteiger partial charge in [0, 0.05) is 16.0 Å². The fourth-order valence-electron chi connectivity index (χ4n) is 1.25. The van der Waals surface area contributed by atoms with Crippen LogP contribution < -0.4 is 0 Å². The van der Waals surface area contributed by atoms with Gasteiger partial charge in [-0.25, -0.2) is 0 Å². The molecule has 4 heteroatoms. The SMILES string of the molecule is C[C@H](CC(=O)O)C(=O)c1ccc(Br)cc1. The molecular formula is C11H11BrO3. The summed E-state index contributed by atoms with van der Waals surface area (Å²) in [6, 6.07) is 6.90. The molecule has 1 rings (SSSR count). The highest BCUT2D eigenvalue weighted by Gasteiger charge is 2.17. The first-order valence-electron chi connectivity index (χ1n) is 4.52. The number of benzene rings is 1. The minimum atomic E-state index is -0.951. The van der Waals surface area contributed by atoms with Gasteiger partial charge in [0.15, 0.2) is 5.78 Å². The number of aliphatic carboxylic acids is 1. The first-order valence-corrected chi connectivity index (χ1v) is 5.31. The van der Waals surface area contributed by atoms with Crippen molar-refractivity contribution in [3.05, 3.63) is 34.3 Å². The van der Waals surface area contributed by atoms with E-state index in [1.54, 1.807) is 31.2 Å². The van der Waals surface area contributed by atoms with Crippen LogP contribution in [0.4, 0.5) is 0 Å². The zero-order valence-electron chi connectivity index (χ0n) is 8.24. The number of hydrogen-bond acceptors (Lipinski definition) is 2. The highest BCUT2D eigenvalue weighted by Crippen LogP contribution is 2.15. The lowest BCUT2D eigenvalue weighted by Gasteiger charge is -2.07. The third-order valence-electron chi connectivity index (χ3n) is 2.06. The van der Waals surface area contributed by atoms with Gasteiger partial charge in [0.25, 0.3) is 0 Å². The predicted octanol–water partition coefficient (Wildman–Crippen LogP) is 2.74. The average molecular weight is 271 g/mol. The average Bonchev–Trinajstić information content (AvgIpc) is 2.17. The molecule has 0 aliphatic rings. The van der Waals surface area contributed by atoms with E-state index < -0.39 is 11.9 Å². The van der Waals surface area contributed by atoms with E-state index in [0.29, 0.717) is 5.56 Å². The summed E-state index contributed by atoms with van der Waals surface area (Å²) in [5.74, 6) is -1.57. The van der Waals surface area contributed by atoms with E-state index in [1.165, 1.54) is 0 Å². The Bertz CT molecular complexity index is 370. The number of carbonyl (C=O) groups is 2. The van der Waals surface area contributed by atoms with Crippen molar-refractivity contribution < 1.29 is 14.7 Å². The summed E-state index contributed by atoms with van der Waals surface area (Å²) < 4.78 is 0.893. The maximum absolute atomic E-state index is 11.7. The van der Waals surface area contributed by atoms with Gasteiger partial charge in [-0.1, -0.05) is 35.0 Å². The Kier molecular flexibility index (Phi) is 4.03. The summed E-state index contributed by atoms with van der Waals surface area (Å²) in [5, 5.41) is 8.56. The van der Waals surface area contributed by atoms with E-state index in [1.807, 2.05) is 0 Å². The fourth-order valence-corrected chi connectivity index (χ4v) is 1.52. The van der Waals surface area contributed by atoms with Crippen LogP contribution in [-0.2, 0) is 4.79 Å². The highest BCUT2D eigenvalue weighted by atomic mass is 79.9. The van der Waals surface area contributed by atoms with Gasteiger partial charge >= 0.3 is 5.97 Å². The Morgan fingerprint density at radius 1 is 1.33 bits per heavy atom. The zero-order chi connectivity index (χ0) is 11.4. The molecule has 1 aromatic carbocycles. The van der Waals surface area contributed by atoms with Crippen molar-refractivity contribution in [1.82, 2.24) is 0 Å². The smallest absolute Gasteiger partial charge is 0.304 e. The van der Waals surface area contributed by atoms with Gasteiger partial charge in [0.1, 0.15) is 0 Å². The van der Waals surface area contributed by atoms with E-state index in [4.69, 9.17) is 5.11 Å². The number of halogens is 1. The molecule has 0 bridgehead atoms. The molecule has 80 valence electrons. The number of ketones is 1. The van der Waals surface area contributed by atoms with Crippen LogP contribution in [0.25, 0.3) is 0 Å². The Hall–Kier alpha value is -1.16. The number of Topliss-reactive ketones (excluding diaryl/α,β-unsaturated/α-hetero) is 1. The van der Waals surface area contributed by atoms with Gasteiger partial charge in [-0.15, -0.1) is 0 Å². The van der Waals surface area contributed by atoms with E-state index in [9.17, 15) is 9.59 Å². The molecule has 0 radical (unpaired) electrons. The lowest BCUT2D eigenvalue weighted by molar-refractivity contribution is -0.137. The molecule has 0 aliphatic heterocycles. The third-order valence-corrected chi connectivity index (χ3v) is 2.59. The molecule has 3 nitrogen and oxygen atoms in total. The molecule has 0 spiro atoms. The number of hydrogen-bond donors (Lipinski definition) is 1. The minimum Gasteiger partial charge on any atom is -0.481 e.